The molecule has 0 aliphatic carbocycles. The van der Waals surface area contributed by atoms with Gasteiger partial charge in [0.2, 0.25) is 0 Å². The summed E-state index contributed by atoms with van der Waals surface area (Å²) in [5, 5.41) is 13.3. The molecule has 0 unspecified atom stereocenters. The van der Waals surface area contributed by atoms with Crippen molar-refractivity contribution in [1.82, 2.24) is 5.32 Å². The van der Waals surface area contributed by atoms with Crippen molar-refractivity contribution in [2.24, 2.45) is 0 Å². The van der Waals surface area contributed by atoms with Crippen molar-refractivity contribution in [3.05, 3.63) is 65.7 Å². The maximum absolute atomic E-state index is 9.82. The molecule has 2 aromatic rings. The Labute approximate surface area is 108 Å². The molecular weight excluding hydrogens is 222 g/mol. The van der Waals surface area contributed by atoms with E-state index in [-0.39, 0.29) is 12.1 Å². The van der Waals surface area contributed by atoms with Crippen LogP contribution in [0.5, 0.6) is 5.75 Å². The summed E-state index contributed by atoms with van der Waals surface area (Å²) >= 11 is 0. The largest absolute Gasteiger partial charge is 0.508 e. The second kappa shape index (κ2) is 5.69. The predicted octanol–water partition coefficient (Wildman–Crippen LogP) is 3.80. The van der Waals surface area contributed by atoms with E-state index in [9.17, 15) is 5.11 Å². The molecule has 0 aliphatic rings. The summed E-state index contributed by atoms with van der Waals surface area (Å²) in [5.41, 5.74) is 2.18. The number of para-hydroxylation sites is 1. The van der Waals surface area contributed by atoms with E-state index in [1.54, 1.807) is 6.07 Å². The highest BCUT2D eigenvalue weighted by Gasteiger charge is 2.13. The van der Waals surface area contributed by atoms with E-state index in [2.05, 4.69) is 31.3 Å². The van der Waals surface area contributed by atoms with E-state index < -0.39 is 0 Å². The Morgan fingerprint density at radius 3 is 2.11 bits per heavy atom. The average Bonchev–Trinajstić information content (AvgIpc) is 2.40. The van der Waals surface area contributed by atoms with Gasteiger partial charge >= 0.3 is 0 Å². The van der Waals surface area contributed by atoms with Gasteiger partial charge in [0.1, 0.15) is 5.75 Å². The minimum absolute atomic E-state index is 0.112. The van der Waals surface area contributed by atoms with Crippen LogP contribution in [0.4, 0.5) is 0 Å². The molecule has 0 amide bonds. The van der Waals surface area contributed by atoms with Gasteiger partial charge in [0.25, 0.3) is 0 Å². The molecule has 2 atom stereocenters. The first kappa shape index (κ1) is 12.7. The highest BCUT2D eigenvalue weighted by Crippen LogP contribution is 2.25. The Morgan fingerprint density at radius 2 is 1.44 bits per heavy atom. The van der Waals surface area contributed by atoms with Gasteiger partial charge in [0.15, 0.2) is 0 Å². The third kappa shape index (κ3) is 2.90. The van der Waals surface area contributed by atoms with E-state index in [0.717, 1.165) is 5.56 Å². The molecule has 0 bridgehead atoms. The number of phenolic OH excluding ortho intramolecular Hbond substituents is 1. The van der Waals surface area contributed by atoms with Crippen LogP contribution in [-0.4, -0.2) is 5.11 Å². The van der Waals surface area contributed by atoms with E-state index in [4.69, 9.17) is 0 Å². The van der Waals surface area contributed by atoms with Gasteiger partial charge in [0.05, 0.1) is 0 Å². The van der Waals surface area contributed by atoms with Gasteiger partial charge in [-0.05, 0) is 25.5 Å². The molecule has 2 aromatic carbocycles. The number of aromatic hydroxyl groups is 1. The van der Waals surface area contributed by atoms with E-state index in [1.807, 2.05) is 36.4 Å². The topological polar surface area (TPSA) is 32.3 Å². The van der Waals surface area contributed by atoms with E-state index in [0.29, 0.717) is 5.75 Å². The van der Waals surface area contributed by atoms with Crippen LogP contribution in [0.15, 0.2) is 54.6 Å². The molecule has 0 fully saturated rings. The number of hydrogen-bond donors (Lipinski definition) is 2. The first-order valence-corrected chi connectivity index (χ1v) is 6.27. The van der Waals surface area contributed by atoms with Crippen LogP contribution in [0.1, 0.15) is 37.1 Å². The minimum Gasteiger partial charge on any atom is -0.508 e. The summed E-state index contributed by atoms with van der Waals surface area (Å²) in [7, 11) is 0. The number of hydrogen-bond acceptors (Lipinski definition) is 2. The van der Waals surface area contributed by atoms with Crippen molar-refractivity contribution in [2.75, 3.05) is 0 Å². The zero-order chi connectivity index (χ0) is 13.0. The Hall–Kier alpha value is -1.80. The van der Waals surface area contributed by atoms with Crippen molar-refractivity contribution in [3.8, 4) is 5.75 Å². The third-order valence-corrected chi connectivity index (χ3v) is 3.20. The number of nitrogens with one attached hydrogen (secondary N) is 1. The molecule has 18 heavy (non-hydrogen) atoms. The highest BCUT2D eigenvalue weighted by molar-refractivity contribution is 5.34. The first-order chi connectivity index (χ1) is 8.68. The van der Waals surface area contributed by atoms with E-state index in [1.165, 1.54) is 5.56 Å². The summed E-state index contributed by atoms with van der Waals surface area (Å²) in [5.74, 6) is 0.345. The fraction of sp³-hybridized carbons (Fsp3) is 0.250. The summed E-state index contributed by atoms with van der Waals surface area (Å²) in [6, 6.07) is 18.1. The lowest BCUT2D eigenvalue weighted by Gasteiger charge is -2.21. The molecule has 0 saturated carbocycles. The van der Waals surface area contributed by atoms with Gasteiger partial charge in [-0.1, -0.05) is 48.5 Å². The van der Waals surface area contributed by atoms with Crippen LogP contribution >= 0.6 is 0 Å². The van der Waals surface area contributed by atoms with Crippen molar-refractivity contribution in [1.29, 1.82) is 0 Å². The molecule has 0 aromatic heterocycles. The molecule has 0 heterocycles. The van der Waals surface area contributed by atoms with Crippen LogP contribution in [0.25, 0.3) is 0 Å². The van der Waals surface area contributed by atoms with Crippen LogP contribution in [-0.2, 0) is 0 Å². The van der Waals surface area contributed by atoms with E-state index >= 15 is 0 Å². The second-order valence-electron chi connectivity index (χ2n) is 4.58. The van der Waals surface area contributed by atoms with Crippen molar-refractivity contribution in [2.45, 2.75) is 25.9 Å². The molecule has 0 aliphatic heterocycles. The number of benzene rings is 2. The van der Waals surface area contributed by atoms with Gasteiger partial charge in [-0.25, -0.2) is 0 Å². The SMILES string of the molecule is C[C@@H](N[C@H](C)c1ccccc1O)c1ccccc1. The van der Waals surface area contributed by atoms with Crippen LogP contribution < -0.4 is 5.32 Å². The molecule has 0 saturated heterocycles. The summed E-state index contributed by atoms with van der Waals surface area (Å²) in [6.45, 7) is 4.19. The van der Waals surface area contributed by atoms with Gasteiger partial charge < -0.3 is 10.4 Å². The molecular formula is C16H19NO. The fourth-order valence-corrected chi connectivity index (χ4v) is 2.16. The van der Waals surface area contributed by atoms with Crippen molar-refractivity contribution < 1.29 is 5.11 Å². The molecule has 2 N–H and O–H groups in total. The van der Waals surface area contributed by atoms with Gasteiger partial charge in [-0.3, -0.25) is 0 Å². The highest BCUT2D eigenvalue weighted by atomic mass is 16.3. The number of phenols is 1. The maximum atomic E-state index is 9.82. The van der Waals surface area contributed by atoms with Gasteiger partial charge in [-0.2, -0.15) is 0 Å². The molecule has 94 valence electrons. The van der Waals surface area contributed by atoms with Gasteiger partial charge in [-0.15, -0.1) is 0 Å². The van der Waals surface area contributed by atoms with Crippen LogP contribution in [0, 0.1) is 0 Å². The van der Waals surface area contributed by atoms with Crippen molar-refractivity contribution in [3.63, 3.8) is 0 Å². The second-order valence-corrected chi connectivity index (χ2v) is 4.58. The Morgan fingerprint density at radius 1 is 0.833 bits per heavy atom. The quantitative estimate of drug-likeness (QED) is 0.853. The Bertz CT molecular complexity index is 495. The average molecular weight is 241 g/mol. The molecule has 0 spiro atoms. The summed E-state index contributed by atoms with van der Waals surface area (Å²) in [4.78, 5) is 0. The lowest BCUT2D eigenvalue weighted by atomic mass is 10.0. The fourth-order valence-electron chi connectivity index (χ4n) is 2.16. The first-order valence-electron chi connectivity index (χ1n) is 6.27. The zero-order valence-corrected chi connectivity index (χ0v) is 10.8. The molecule has 2 rings (SSSR count). The number of rotatable bonds is 4. The van der Waals surface area contributed by atoms with Crippen LogP contribution in [0.3, 0.4) is 0 Å². The summed E-state index contributed by atoms with van der Waals surface area (Å²) in [6.07, 6.45) is 0. The van der Waals surface area contributed by atoms with Gasteiger partial charge in [0, 0.05) is 17.6 Å². The molecule has 0 radical (unpaired) electrons. The summed E-state index contributed by atoms with van der Waals surface area (Å²) < 4.78 is 0. The Balaban J connectivity index is 2.08. The smallest absolute Gasteiger partial charge is 0.120 e. The molecule has 2 heteroatoms. The van der Waals surface area contributed by atoms with Crippen molar-refractivity contribution >= 4 is 0 Å². The monoisotopic (exact) mass is 241 g/mol. The predicted molar refractivity (Wildman–Crippen MR) is 74.5 cm³/mol. The third-order valence-electron chi connectivity index (χ3n) is 3.20. The van der Waals surface area contributed by atoms with Crippen LogP contribution in [0.2, 0.25) is 0 Å². The maximum Gasteiger partial charge on any atom is 0.120 e. The lowest BCUT2D eigenvalue weighted by Crippen LogP contribution is -2.22. The normalized spacial score (nSPS) is 14.1. The zero-order valence-electron chi connectivity index (χ0n) is 10.8. The molecule has 2 nitrogen and oxygen atoms in total. The Kier molecular flexibility index (Phi) is 4.00. The minimum atomic E-state index is 0.112. The lowest BCUT2D eigenvalue weighted by molar-refractivity contribution is 0.438. The standard InChI is InChI=1S/C16H19NO/c1-12(14-8-4-3-5-9-14)17-13(2)15-10-6-7-11-16(15)18/h3-13,17-18H,1-2H3/t12-,13-/m1/s1.